The molecule has 0 radical (unpaired) electrons. The van der Waals surface area contributed by atoms with E-state index >= 15 is 0 Å². The van der Waals surface area contributed by atoms with Crippen molar-refractivity contribution in [3.05, 3.63) is 53.6 Å². The van der Waals surface area contributed by atoms with Gasteiger partial charge in [0.2, 0.25) is 10.0 Å². The van der Waals surface area contributed by atoms with Gasteiger partial charge in [0.25, 0.3) is 0 Å². The first-order valence-electron chi connectivity index (χ1n) is 8.16. The van der Waals surface area contributed by atoms with E-state index in [0.717, 1.165) is 16.2 Å². The molecule has 3 rings (SSSR count). The maximum Gasteiger partial charge on any atom is 0.337 e. The van der Waals surface area contributed by atoms with Crippen LogP contribution in [0.3, 0.4) is 0 Å². The summed E-state index contributed by atoms with van der Waals surface area (Å²) in [7, 11) is -2.42. The Morgan fingerprint density at radius 1 is 1.26 bits per heavy atom. The summed E-state index contributed by atoms with van der Waals surface area (Å²) in [6, 6.07) is 11.9. The minimum absolute atomic E-state index is 0.0399. The second kappa shape index (κ2) is 7.71. The van der Waals surface area contributed by atoms with Gasteiger partial charge in [-0.3, -0.25) is 0 Å². The van der Waals surface area contributed by atoms with E-state index in [0.29, 0.717) is 23.4 Å². The average molecular weight is 406 g/mol. The molecule has 27 heavy (non-hydrogen) atoms. The highest BCUT2D eigenvalue weighted by molar-refractivity contribution is 7.98. The fraction of sp³-hybridized carbons (Fsp3) is 0.222. The Labute approximate surface area is 161 Å². The van der Waals surface area contributed by atoms with Crippen molar-refractivity contribution in [2.75, 3.05) is 7.11 Å². The molecular formula is C18H19N3O4S2. The summed E-state index contributed by atoms with van der Waals surface area (Å²) in [5, 5.41) is 5.97. The molecule has 9 heteroatoms. The molecule has 1 aromatic heterocycles. The van der Waals surface area contributed by atoms with Crippen molar-refractivity contribution in [2.45, 2.75) is 29.3 Å². The van der Waals surface area contributed by atoms with Crippen LogP contribution >= 0.6 is 11.8 Å². The number of ether oxygens (including phenoxy) is 1. The Bertz CT molecular complexity index is 1110. The predicted octanol–water partition coefficient (Wildman–Crippen LogP) is 2.78. The second-order valence-corrected chi connectivity index (χ2v) is 8.32. The third-order valence-corrected chi connectivity index (χ3v) is 6.00. The zero-order valence-corrected chi connectivity index (χ0v) is 16.5. The van der Waals surface area contributed by atoms with Crippen molar-refractivity contribution in [3.63, 3.8) is 0 Å². The molecule has 0 aliphatic carbocycles. The molecule has 2 N–H and O–H groups in total. The molecule has 1 heterocycles. The largest absolute Gasteiger partial charge is 0.465 e. The van der Waals surface area contributed by atoms with Crippen molar-refractivity contribution in [1.82, 2.24) is 9.55 Å². The van der Waals surface area contributed by atoms with Crippen LogP contribution in [-0.4, -0.2) is 31.0 Å². The highest BCUT2D eigenvalue weighted by Crippen LogP contribution is 2.28. The normalized spacial score (nSPS) is 11.7. The molecule has 0 bridgehead atoms. The van der Waals surface area contributed by atoms with Gasteiger partial charge in [0, 0.05) is 12.3 Å². The fourth-order valence-corrected chi connectivity index (χ4v) is 4.29. The number of sulfonamides is 1. The maximum atomic E-state index is 11.7. The number of methoxy groups -OCH3 is 1. The number of benzene rings is 2. The number of hydrogen-bond donors (Lipinski definition) is 1. The van der Waals surface area contributed by atoms with E-state index in [1.54, 1.807) is 18.2 Å². The number of nitrogens with two attached hydrogens (primary N) is 1. The Morgan fingerprint density at radius 3 is 2.70 bits per heavy atom. The van der Waals surface area contributed by atoms with Crippen LogP contribution in [0.2, 0.25) is 0 Å². The summed E-state index contributed by atoms with van der Waals surface area (Å²) in [6.45, 7) is 2.69. The molecule has 142 valence electrons. The monoisotopic (exact) mass is 405 g/mol. The lowest BCUT2D eigenvalue weighted by molar-refractivity contribution is 0.0600. The fourth-order valence-electron chi connectivity index (χ4n) is 2.73. The van der Waals surface area contributed by atoms with Crippen LogP contribution in [0, 0.1) is 0 Å². The Morgan fingerprint density at radius 2 is 2.04 bits per heavy atom. The van der Waals surface area contributed by atoms with Crippen LogP contribution in [0.1, 0.15) is 22.8 Å². The average Bonchev–Trinajstić information content (AvgIpc) is 3.01. The van der Waals surface area contributed by atoms with Crippen LogP contribution in [0.5, 0.6) is 0 Å². The lowest BCUT2D eigenvalue weighted by atomic mass is 10.1. The van der Waals surface area contributed by atoms with Gasteiger partial charge in [-0.05, 0) is 42.8 Å². The van der Waals surface area contributed by atoms with Crippen LogP contribution in [0.25, 0.3) is 11.0 Å². The number of aromatic nitrogens is 2. The molecule has 0 saturated heterocycles. The van der Waals surface area contributed by atoms with E-state index in [1.165, 1.54) is 31.0 Å². The molecule has 3 aromatic rings. The lowest BCUT2D eigenvalue weighted by Gasteiger charge is -2.07. The standard InChI is InChI=1S/C18H19N3O4S2/c1-3-21-16-8-7-14(27(19,23)24)10-15(16)20-18(21)26-11-12-5-4-6-13(9-12)17(22)25-2/h4-10H,3,11H2,1-2H3,(H2,19,23,24). The first-order chi connectivity index (χ1) is 12.8. The molecule has 0 aliphatic heterocycles. The molecule has 0 spiro atoms. The molecule has 7 nitrogen and oxygen atoms in total. The van der Waals surface area contributed by atoms with Crippen LogP contribution in [0.15, 0.2) is 52.5 Å². The zero-order valence-electron chi connectivity index (χ0n) is 14.9. The number of nitrogens with zero attached hydrogens (tertiary/aromatic N) is 2. The summed E-state index contributed by atoms with van der Waals surface area (Å²) in [6.07, 6.45) is 0. The number of aryl methyl sites for hydroxylation is 1. The van der Waals surface area contributed by atoms with Crippen molar-refractivity contribution >= 4 is 38.8 Å². The SMILES string of the molecule is CCn1c(SCc2cccc(C(=O)OC)c2)nc2cc(S(N)(=O)=O)ccc21. The van der Waals surface area contributed by atoms with E-state index < -0.39 is 10.0 Å². The van der Waals surface area contributed by atoms with Gasteiger partial charge in [-0.25, -0.2) is 23.3 Å². The van der Waals surface area contributed by atoms with Gasteiger partial charge in [-0.1, -0.05) is 23.9 Å². The topological polar surface area (TPSA) is 104 Å². The van der Waals surface area contributed by atoms with E-state index in [9.17, 15) is 13.2 Å². The number of imidazole rings is 1. The van der Waals surface area contributed by atoms with Gasteiger partial charge >= 0.3 is 5.97 Å². The highest BCUT2D eigenvalue weighted by Gasteiger charge is 2.15. The van der Waals surface area contributed by atoms with Gasteiger partial charge < -0.3 is 9.30 Å². The molecule has 0 fully saturated rings. The molecule has 0 amide bonds. The summed E-state index contributed by atoms with van der Waals surface area (Å²) < 4.78 is 29.9. The molecule has 0 atom stereocenters. The van der Waals surface area contributed by atoms with Gasteiger partial charge in [-0.15, -0.1) is 0 Å². The van der Waals surface area contributed by atoms with Crippen molar-refractivity contribution in [2.24, 2.45) is 5.14 Å². The second-order valence-electron chi connectivity index (χ2n) is 5.81. The summed E-state index contributed by atoms with van der Waals surface area (Å²) >= 11 is 1.51. The molecule has 2 aromatic carbocycles. The lowest BCUT2D eigenvalue weighted by Crippen LogP contribution is -2.11. The number of primary sulfonamides is 1. The van der Waals surface area contributed by atoms with Gasteiger partial charge in [-0.2, -0.15) is 0 Å². The van der Waals surface area contributed by atoms with Crippen molar-refractivity contribution in [1.29, 1.82) is 0 Å². The van der Waals surface area contributed by atoms with Gasteiger partial charge in [0.15, 0.2) is 5.16 Å². The van der Waals surface area contributed by atoms with Crippen LogP contribution in [-0.2, 0) is 27.1 Å². The highest BCUT2D eigenvalue weighted by atomic mass is 32.2. The smallest absolute Gasteiger partial charge is 0.337 e. The van der Waals surface area contributed by atoms with E-state index in [4.69, 9.17) is 9.88 Å². The molecule has 0 aliphatic rings. The molecule has 0 saturated carbocycles. The predicted molar refractivity (Wildman–Crippen MR) is 104 cm³/mol. The number of carbonyl (C=O) groups excluding carboxylic acids is 1. The minimum atomic E-state index is -3.78. The van der Waals surface area contributed by atoms with Crippen LogP contribution in [0.4, 0.5) is 0 Å². The summed E-state index contributed by atoms with van der Waals surface area (Å²) in [5.41, 5.74) is 2.88. The summed E-state index contributed by atoms with van der Waals surface area (Å²) in [5.74, 6) is 0.231. The Balaban J connectivity index is 1.90. The quantitative estimate of drug-likeness (QED) is 0.499. The van der Waals surface area contributed by atoms with Crippen molar-refractivity contribution < 1.29 is 17.9 Å². The number of esters is 1. The molecule has 0 unspecified atom stereocenters. The number of rotatable bonds is 6. The van der Waals surface area contributed by atoms with E-state index in [-0.39, 0.29) is 10.9 Å². The first-order valence-corrected chi connectivity index (χ1v) is 10.7. The number of hydrogen-bond acceptors (Lipinski definition) is 6. The van der Waals surface area contributed by atoms with Gasteiger partial charge in [0.1, 0.15) is 0 Å². The maximum absolute atomic E-state index is 11.7. The number of thioether (sulfide) groups is 1. The molecular weight excluding hydrogens is 386 g/mol. The first kappa shape index (κ1) is 19.4. The Kier molecular flexibility index (Phi) is 5.54. The Hall–Kier alpha value is -2.36. The van der Waals surface area contributed by atoms with Crippen LogP contribution < -0.4 is 5.14 Å². The number of carbonyl (C=O) groups is 1. The van der Waals surface area contributed by atoms with Crippen molar-refractivity contribution in [3.8, 4) is 0 Å². The third-order valence-electron chi connectivity index (χ3n) is 4.05. The number of fused-ring (bicyclic) bond motifs is 1. The van der Waals surface area contributed by atoms with E-state index in [2.05, 4.69) is 4.98 Å². The summed E-state index contributed by atoms with van der Waals surface area (Å²) in [4.78, 5) is 16.3. The van der Waals surface area contributed by atoms with Gasteiger partial charge in [0.05, 0.1) is 28.6 Å². The van der Waals surface area contributed by atoms with E-state index in [1.807, 2.05) is 23.6 Å². The zero-order chi connectivity index (χ0) is 19.6. The third kappa shape index (κ3) is 4.15. The minimum Gasteiger partial charge on any atom is -0.465 e.